The Morgan fingerprint density at radius 1 is 1.35 bits per heavy atom. The van der Waals surface area contributed by atoms with Gasteiger partial charge in [-0.2, -0.15) is 0 Å². The fourth-order valence-electron chi connectivity index (χ4n) is 3.09. The largest absolute Gasteiger partial charge is 0.478 e. The Balaban J connectivity index is 1.75. The standard InChI is InChI=1S/C14H15ClN2O3/c15-10-3-1-7(14(19)20)5-12(10)17-13(18)9-6-8-2-4-11(9)16-8/h1,3,5,8-9,11,16H,2,4,6H2,(H,17,18)(H,19,20). The number of hydrogen-bond acceptors (Lipinski definition) is 3. The van der Waals surface area contributed by atoms with Gasteiger partial charge in [-0.3, -0.25) is 4.79 Å². The Kier molecular flexibility index (Phi) is 3.40. The number of carbonyl (C=O) groups excluding carboxylic acids is 1. The van der Waals surface area contributed by atoms with E-state index < -0.39 is 5.97 Å². The number of benzene rings is 1. The molecule has 1 amide bonds. The van der Waals surface area contributed by atoms with Crippen LogP contribution in [0.25, 0.3) is 0 Å². The minimum Gasteiger partial charge on any atom is -0.478 e. The molecule has 2 aliphatic heterocycles. The Hall–Kier alpha value is -1.59. The molecule has 2 saturated heterocycles. The fourth-order valence-corrected chi connectivity index (χ4v) is 3.26. The normalized spacial score (nSPS) is 27.6. The van der Waals surface area contributed by atoms with Crippen LogP contribution >= 0.6 is 11.6 Å². The summed E-state index contributed by atoms with van der Waals surface area (Å²) in [6.45, 7) is 0. The van der Waals surface area contributed by atoms with Crippen LogP contribution in [0, 0.1) is 5.92 Å². The maximum Gasteiger partial charge on any atom is 0.335 e. The number of hydrogen-bond donors (Lipinski definition) is 3. The molecular weight excluding hydrogens is 280 g/mol. The second-order valence-electron chi connectivity index (χ2n) is 5.38. The molecule has 0 radical (unpaired) electrons. The van der Waals surface area contributed by atoms with E-state index >= 15 is 0 Å². The van der Waals surface area contributed by atoms with Gasteiger partial charge in [0.05, 0.1) is 22.2 Å². The second-order valence-corrected chi connectivity index (χ2v) is 5.79. The van der Waals surface area contributed by atoms with Crippen LogP contribution in [0.5, 0.6) is 0 Å². The summed E-state index contributed by atoms with van der Waals surface area (Å²) >= 11 is 6.01. The maximum atomic E-state index is 12.3. The van der Waals surface area contributed by atoms with Crippen molar-refractivity contribution in [2.75, 3.05) is 5.32 Å². The lowest BCUT2D eigenvalue weighted by atomic mass is 9.88. The molecule has 0 aromatic heterocycles. The number of anilines is 1. The summed E-state index contributed by atoms with van der Waals surface area (Å²) in [5.41, 5.74) is 0.468. The molecule has 0 spiro atoms. The second kappa shape index (κ2) is 5.07. The summed E-state index contributed by atoms with van der Waals surface area (Å²) in [5.74, 6) is -1.19. The average Bonchev–Trinajstić information content (AvgIpc) is 3.03. The number of carboxylic acid groups (broad SMARTS) is 1. The number of aromatic carboxylic acids is 1. The number of amides is 1. The van der Waals surface area contributed by atoms with Crippen LogP contribution in [0.2, 0.25) is 5.02 Å². The van der Waals surface area contributed by atoms with E-state index in [0.717, 1.165) is 19.3 Å². The monoisotopic (exact) mass is 294 g/mol. The van der Waals surface area contributed by atoms with E-state index in [0.29, 0.717) is 16.8 Å². The minimum absolute atomic E-state index is 0.0571. The number of fused-ring (bicyclic) bond motifs is 2. The zero-order chi connectivity index (χ0) is 14.3. The fraction of sp³-hybridized carbons (Fsp3) is 0.429. The van der Waals surface area contributed by atoms with Crippen molar-refractivity contribution in [2.45, 2.75) is 31.3 Å². The molecule has 2 fully saturated rings. The first kappa shape index (κ1) is 13.4. The number of halogens is 1. The van der Waals surface area contributed by atoms with Crippen LogP contribution in [-0.2, 0) is 4.79 Å². The van der Waals surface area contributed by atoms with Gasteiger partial charge in [0, 0.05) is 12.1 Å². The molecule has 3 atom stereocenters. The zero-order valence-electron chi connectivity index (χ0n) is 10.7. The Morgan fingerprint density at radius 3 is 2.75 bits per heavy atom. The molecule has 1 aromatic carbocycles. The van der Waals surface area contributed by atoms with Crippen LogP contribution < -0.4 is 10.6 Å². The zero-order valence-corrected chi connectivity index (χ0v) is 11.5. The highest BCUT2D eigenvalue weighted by molar-refractivity contribution is 6.33. The van der Waals surface area contributed by atoms with E-state index in [1.807, 2.05) is 0 Å². The van der Waals surface area contributed by atoms with E-state index in [1.54, 1.807) is 0 Å². The predicted molar refractivity (Wildman–Crippen MR) is 75.1 cm³/mol. The highest BCUT2D eigenvalue weighted by atomic mass is 35.5. The van der Waals surface area contributed by atoms with Gasteiger partial charge >= 0.3 is 5.97 Å². The van der Waals surface area contributed by atoms with Crippen LogP contribution in [0.1, 0.15) is 29.6 Å². The lowest BCUT2D eigenvalue weighted by Gasteiger charge is -2.19. The highest BCUT2D eigenvalue weighted by Crippen LogP contribution is 2.34. The molecule has 3 rings (SSSR count). The van der Waals surface area contributed by atoms with Crippen molar-refractivity contribution in [1.29, 1.82) is 0 Å². The van der Waals surface area contributed by atoms with Crippen molar-refractivity contribution in [3.05, 3.63) is 28.8 Å². The molecule has 2 aliphatic rings. The number of rotatable bonds is 3. The van der Waals surface area contributed by atoms with Gasteiger partial charge in [0.25, 0.3) is 0 Å². The third-order valence-corrected chi connectivity index (χ3v) is 4.44. The molecule has 2 heterocycles. The quantitative estimate of drug-likeness (QED) is 0.798. The Morgan fingerprint density at radius 2 is 2.15 bits per heavy atom. The van der Waals surface area contributed by atoms with Crippen LogP contribution in [-0.4, -0.2) is 29.1 Å². The summed E-state index contributed by atoms with van der Waals surface area (Å²) in [6.07, 6.45) is 2.99. The maximum absolute atomic E-state index is 12.3. The Labute approximate surface area is 121 Å². The molecule has 3 unspecified atom stereocenters. The first-order valence-electron chi connectivity index (χ1n) is 6.64. The van der Waals surface area contributed by atoms with Crippen molar-refractivity contribution in [3.8, 4) is 0 Å². The van der Waals surface area contributed by atoms with Gasteiger partial charge < -0.3 is 15.7 Å². The van der Waals surface area contributed by atoms with Crippen molar-refractivity contribution >= 4 is 29.2 Å². The van der Waals surface area contributed by atoms with Crippen LogP contribution in [0.3, 0.4) is 0 Å². The molecule has 20 heavy (non-hydrogen) atoms. The Bertz CT molecular complexity index is 576. The number of carboxylic acids is 1. The lowest BCUT2D eigenvalue weighted by molar-refractivity contribution is -0.120. The smallest absolute Gasteiger partial charge is 0.335 e. The SMILES string of the molecule is O=C(O)c1ccc(Cl)c(NC(=O)C2CC3CCC2N3)c1. The van der Waals surface area contributed by atoms with Gasteiger partial charge in [0.2, 0.25) is 5.91 Å². The molecule has 1 aromatic rings. The minimum atomic E-state index is -1.04. The van der Waals surface area contributed by atoms with Gasteiger partial charge in [-0.25, -0.2) is 4.79 Å². The van der Waals surface area contributed by atoms with E-state index in [1.165, 1.54) is 18.2 Å². The van der Waals surface area contributed by atoms with Crippen LogP contribution in [0.15, 0.2) is 18.2 Å². The molecule has 5 nitrogen and oxygen atoms in total. The molecular formula is C14H15ClN2O3. The first-order chi connectivity index (χ1) is 9.54. The van der Waals surface area contributed by atoms with E-state index in [2.05, 4.69) is 10.6 Å². The van der Waals surface area contributed by atoms with Gasteiger partial charge in [0.15, 0.2) is 0 Å². The van der Waals surface area contributed by atoms with Crippen molar-refractivity contribution < 1.29 is 14.7 Å². The summed E-state index contributed by atoms with van der Waals surface area (Å²) in [6, 6.07) is 4.97. The predicted octanol–water partition coefficient (Wildman–Crippen LogP) is 2.12. The molecule has 3 N–H and O–H groups in total. The summed E-state index contributed by atoms with van der Waals surface area (Å²) in [4.78, 5) is 23.2. The average molecular weight is 295 g/mol. The van der Waals surface area contributed by atoms with E-state index in [-0.39, 0.29) is 23.4 Å². The molecule has 0 aliphatic carbocycles. The lowest BCUT2D eigenvalue weighted by Crippen LogP contribution is -2.32. The summed E-state index contributed by atoms with van der Waals surface area (Å²) in [7, 11) is 0. The molecule has 0 saturated carbocycles. The first-order valence-corrected chi connectivity index (χ1v) is 7.02. The van der Waals surface area contributed by atoms with Crippen molar-refractivity contribution in [1.82, 2.24) is 5.32 Å². The van der Waals surface area contributed by atoms with E-state index in [9.17, 15) is 9.59 Å². The van der Waals surface area contributed by atoms with Gasteiger partial charge in [-0.05, 0) is 37.5 Å². The third-order valence-electron chi connectivity index (χ3n) is 4.11. The molecule has 106 valence electrons. The topological polar surface area (TPSA) is 78.4 Å². The van der Waals surface area contributed by atoms with Gasteiger partial charge in [0.1, 0.15) is 0 Å². The number of carbonyl (C=O) groups is 2. The summed E-state index contributed by atoms with van der Waals surface area (Å²) < 4.78 is 0. The number of nitrogens with one attached hydrogen (secondary N) is 2. The molecule has 2 bridgehead atoms. The van der Waals surface area contributed by atoms with Gasteiger partial charge in [-0.15, -0.1) is 0 Å². The third kappa shape index (κ3) is 2.39. The van der Waals surface area contributed by atoms with Crippen molar-refractivity contribution in [3.63, 3.8) is 0 Å². The highest BCUT2D eigenvalue weighted by Gasteiger charge is 2.42. The van der Waals surface area contributed by atoms with Crippen molar-refractivity contribution in [2.24, 2.45) is 5.92 Å². The molecule has 6 heteroatoms. The van der Waals surface area contributed by atoms with Gasteiger partial charge in [-0.1, -0.05) is 11.6 Å². The van der Waals surface area contributed by atoms with E-state index in [4.69, 9.17) is 16.7 Å². The van der Waals surface area contributed by atoms with Crippen LogP contribution in [0.4, 0.5) is 5.69 Å². The summed E-state index contributed by atoms with van der Waals surface area (Å²) in [5, 5.41) is 15.5.